The quantitative estimate of drug-likeness (QED) is 0.595. The molecule has 2 heterocycles. The predicted molar refractivity (Wildman–Crippen MR) is 83.6 cm³/mol. The van der Waals surface area contributed by atoms with Gasteiger partial charge in [0.25, 0.3) is 0 Å². The van der Waals surface area contributed by atoms with Crippen LogP contribution in [0.1, 0.15) is 21.6 Å². The largest absolute Gasteiger partial charge is 0.397 e. The topological polar surface area (TPSA) is 68.9 Å². The Kier molecular flexibility index (Phi) is 3.54. The monoisotopic (exact) mass is 297 g/mol. The molecule has 0 aliphatic rings. The number of nitrogen functional groups attached to an aromatic ring is 1. The van der Waals surface area contributed by atoms with E-state index in [9.17, 15) is 4.79 Å². The average Bonchev–Trinajstić information content (AvgIpc) is 2.47. The Bertz CT molecular complexity index is 833. The molecule has 2 aromatic heterocycles. The van der Waals surface area contributed by atoms with Gasteiger partial charge in [-0.25, -0.2) is 0 Å². The smallest absolute Gasteiger partial charge is 0.150 e. The molecule has 3 aromatic rings. The summed E-state index contributed by atoms with van der Waals surface area (Å²) in [5.41, 5.74) is 9.79. The predicted octanol–water partition coefficient (Wildman–Crippen LogP) is 3.27. The average molecular weight is 298 g/mol. The third-order valence-corrected chi connectivity index (χ3v) is 3.41. The Hall–Kier alpha value is -2.46. The first kappa shape index (κ1) is 13.5. The molecule has 0 aliphatic carbocycles. The van der Waals surface area contributed by atoms with Crippen molar-refractivity contribution in [3.05, 3.63) is 64.6 Å². The van der Waals surface area contributed by atoms with E-state index in [1.165, 1.54) is 0 Å². The zero-order valence-electron chi connectivity index (χ0n) is 11.1. The van der Waals surface area contributed by atoms with Crippen LogP contribution in [0.3, 0.4) is 0 Å². The van der Waals surface area contributed by atoms with Gasteiger partial charge in [-0.2, -0.15) is 0 Å². The van der Waals surface area contributed by atoms with Gasteiger partial charge in [0.05, 0.1) is 16.2 Å². The second-order valence-electron chi connectivity index (χ2n) is 4.79. The molecule has 0 spiro atoms. The first-order valence-electron chi connectivity index (χ1n) is 6.39. The summed E-state index contributed by atoms with van der Waals surface area (Å²) < 4.78 is 0. The van der Waals surface area contributed by atoms with Gasteiger partial charge in [0.1, 0.15) is 6.29 Å². The number of pyridine rings is 2. The second kappa shape index (κ2) is 5.50. The highest BCUT2D eigenvalue weighted by Crippen LogP contribution is 2.25. The minimum atomic E-state index is 0.570. The highest BCUT2D eigenvalue weighted by Gasteiger charge is 2.06. The molecule has 104 valence electrons. The van der Waals surface area contributed by atoms with Crippen molar-refractivity contribution in [2.75, 3.05) is 5.73 Å². The number of carbonyl (C=O) groups excluding carboxylic acids is 1. The molecule has 1 aromatic carbocycles. The lowest BCUT2D eigenvalue weighted by Crippen LogP contribution is -1.97. The number of hydrogen-bond donors (Lipinski definition) is 1. The van der Waals surface area contributed by atoms with Gasteiger partial charge >= 0.3 is 0 Å². The van der Waals surface area contributed by atoms with Gasteiger partial charge in [-0.3, -0.25) is 14.8 Å². The van der Waals surface area contributed by atoms with E-state index < -0.39 is 0 Å². The SMILES string of the molecule is Nc1cc(Cc2cc(C=O)ccn2)cc2cc(Cl)cnc12. The van der Waals surface area contributed by atoms with Crippen molar-refractivity contribution in [3.63, 3.8) is 0 Å². The molecule has 0 saturated heterocycles. The number of nitrogens with zero attached hydrogens (tertiary/aromatic N) is 2. The van der Waals surface area contributed by atoms with Gasteiger partial charge in [0.2, 0.25) is 0 Å². The number of fused-ring (bicyclic) bond motifs is 1. The fourth-order valence-corrected chi connectivity index (χ4v) is 2.46. The van der Waals surface area contributed by atoms with Gasteiger partial charge in [0, 0.05) is 35.5 Å². The summed E-state index contributed by atoms with van der Waals surface area (Å²) in [6.07, 6.45) is 4.61. The van der Waals surface area contributed by atoms with Crippen LogP contribution in [0.5, 0.6) is 0 Å². The van der Waals surface area contributed by atoms with E-state index in [1.807, 2.05) is 18.2 Å². The van der Waals surface area contributed by atoms with Crippen LogP contribution in [0.2, 0.25) is 5.02 Å². The standard InChI is InChI=1S/C16H12ClN3O/c17-13-7-12-3-11(6-15(18)16(12)20-8-13)5-14-4-10(9-21)1-2-19-14/h1-4,6-9H,5,18H2. The van der Waals surface area contributed by atoms with E-state index in [-0.39, 0.29) is 0 Å². The van der Waals surface area contributed by atoms with Crippen LogP contribution in [0.15, 0.2) is 42.7 Å². The Morgan fingerprint density at radius 1 is 1.19 bits per heavy atom. The van der Waals surface area contributed by atoms with Crippen LogP contribution in [-0.2, 0) is 6.42 Å². The summed E-state index contributed by atoms with van der Waals surface area (Å²) in [5.74, 6) is 0. The minimum absolute atomic E-state index is 0.570. The summed E-state index contributed by atoms with van der Waals surface area (Å²) in [6.45, 7) is 0. The van der Waals surface area contributed by atoms with Gasteiger partial charge < -0.3 is 5.73 Å². The zero-order valence-corrected chi connectivity index (χ0v) is 11.8. The number of benzene rings is 1. The zero-order chi connectivity index (χ0) is 14.8. The summed E-state index contributed by atoms with van der Waals surface area (Å²) in [4.78, 5) is 19.3. The Balaban J connectivity index is 2.02. The Labute approximate surface area is 126 Å². The van der Waals surface area contributed by atoms with Crippen LogP contribution < -0.4 is 5.73 Å². The van der Waals surface area contributed by atoms with Gasteiger partial charge in [-0.05, 0) is 35.9 Å². The van der Waals surface area contributed by atoms with Crippen molar-refractivity contribution in [3.8, 4) is 0 Å². The van der Waals surface area contributed by atoms with Crippen molar-refractivity contribution in [2.45, 2.75) is 6.42 Å². The van der Waals surface area contributed by atoms with Crippen LogP contribution in [-0.4, -0.2) is 16.3 Å². The maximum atomic E-state index is 10.8. The van der Waals surface area contributed by atoms with Crippen LogP contribution >= 0.6 is 11.6 Å². The van der Waals surface area contributed by atoms with E-state index in [0.29, 0.717) is 22.7 Å². The maximum absolute atomic E-state index is 10.8. The third kappa shape index (κ3) is 2.85. The molecule has 0 fully saturated rings. The van der Waals surface area contributed by atoms with E-state index >= 15 is 0 Å². The van der Waals surface area contributed by atoms with Crippen LogP contribution in [0.4, 0.5) is 5.69 Å². The number of anilines is 1. The molecule has 4 nitrogen and oxygen atoms in total. The summed E-state index contributed by atoms with van der Waals surface area (Å²) in [6, 6.07) is 9.13. The van der Waals surface area contributed by atoms with Crippen LogP contribution in [0.25, 0.3) is 10.9 Å². The number of rotatable bonds is 3. The molecule has 0 radical (unpaired) electrons. The number of carbonyl (C=O) groups is 1. The molecule has 0 saturated carbocycles. The second-order valence-corrected chi connectivity index (χ2v) is 5.22. The maximum Gasteiger partial charge on any atom is 0.150 e. The lowest BCUT2D eigenvalue weighted by Gasteiger charge is -2.07. The van der Waals surface area contributed by atoms with Crippen molar-refractivity contribution < 1.29 is 4.79 Å². The lowest BCUT2D eigenvalue weighted by molar-refractivity contribution is 0.112. The van der Waals surface area contributed by atoms with E-state index in [1.54, 1.807) is 24.5 Å². The van der Waals surface area contributed by atoms with Crippen molar-refractivity contribution in [2.24, 2.45) is 0 Å². The molecule has 0 amide bonds. The molecular formula is C16H12ClN3O. The molecule has 5 heteroatoms. The molecule has 21 heavy (non-hydrogen) atoms. The number of aromatic nitrogens is 2. The molecule has 0 aliphatic heterocycles. The minimum Gasteiger partial charge on any atom is -0.397 e. The molecule has 0 atom stereocenters. The normalized spacial score (nSPS) is 10.7. The van der Waals surface area contributed by atoms with Crippen LogP contribution in [0, 0.1) is 0 Å². The Morgan fingerprint density at radius 3 is 2.86 bits per heavy atom. The molecule has 0 bridgehead atoms. The molecule has 0 unspecified atom stereocenters. The van der Waals surface area contributed by atoms with Crippen molar-refractivity contribution >= 4 is 34.5 Å². The van der Waals surface area contributed by atoms with Crippen molar-refractivity contribution in [1.29, 1.82) is 0 Å². The number of aldehydes is 1. The number of hydrogen-bond acceptors (Lipinski definition) is 4. The number of halogens is 1. The summed E-state index contributed by atoms with van der Waals surface area (Å²) >= 11 is 5.97. The Morgan fingerprint density at radius 2 is 2.05 bits per heavy atom. The van der Waals surface area contributed by atoms with Crippen molar-refractivity contribution in [1.82, 2.24) is 9.97 Å². The van der Waals surface area contributed by atoms with E-state index in [4.69, 9.17) is 17.3 Å². The highest BCUT2D eigenvalue weighted by molar-refractivity contribution is 6.31. The van der Waals surface area contributed by atoms with E-state index in [0.717, 1.165) is 28.4 Å². The highest BCUT2D eigenvalue weighted by atomic mass is 35.5. The summed E-state index contributed by atoms with van der Waals surface area (Å²) in [5, 5.41) is 1.46. The first-order valence-corrected chi connectivity index (χ1v) is 6.77. The van der Waals surface area contributed by atoms with Gasteiger partial charge in [-0.1, -0.05) is 11.6 Å². The van der Waals surface area contributed by atoms with E-state index in [2.05, 4.69) is 9.97 Å². The lowest BCUT2D eigenvalue weighted by atomic mass is 10.0. The van der Waals surface area contributed by atoms with Gasteiger partial charge in [-0.15, -0.1) is 0 Å². The fraction of sp³-hybridized carbons (Fsp3) is 0.0625. The van der Waals surface area contributed by atoms with Gasteiger partial charge in [0.15, 0.2) is 0 Å². The first-order chi connectivity index (χ1) is 10.2. The molecular weight excluding hydrogens is 286 g/mol. The molecule has 2 N–H and O–H groups in total. The number of nitrogens with two attached hydrogens (primary N) is 1. The third-order valence-electron chi connectivity index (χ3n) is 3.20. The fourth-order valence-electron chi connectivity index (χ4n) is 2.29. The molecule has 3 rings (SSSR count). The summed E-state index contributed by atoms with van der Waals surface area (Å²) in [7, 11) is 0.